The molecule has 2 aliphatic rings. The van der Waals surface area contributed by atoms with Gasteiger partial charge in [-0.25, -0.2) is 4.39 Å². The van der Waals surface area contributed by atoms with Gasteiger partial charge in [0, 0.05) is 18.5 Å². The van der Waals surface area contributed by atoms with Crippen molar-refractivity contribution in [3.63, 3.8) is 0 Å². The fraction of sp³-hybridized carbons (Fsp3) is 0.571. The van der Waals surface area contributed by atoms with E-state index < -0.39 is 0 Å². The fourth-order valence-electron chi connectivity index (χ4n) is 4.10. The molecule has 1 unspecified atom stereocenters. The van der Waals surface area contributed by atoms with Crippen molar-refractivity contribution >= 4 is 5.91 Å². The van der Waals surface area contributed by atoms with Gasteiger partial charge in [0.15, 0.2) is 0 Å². The summed E-state index contributed by atoms with van der Waals surface area (Å²) >= 11 is 0. The number of likely N-dealkylation sites (tertiary alicyclic amines) is 2. The third kappa shape index (κ3) is 4.61. The third-order valence-electron chi connectivity index (χ3n) is 5.55. The van der Waals surface area contributed by atoms with Crippen molar-refractivity contribution in [3.8, 4) is 12.3 Å². The molecule has 134 valence electrons. The Bertz CT molecular complexity index is 614. The molecule has 4 heteroatoms. The van der Waals surface area contributed by atoms with Gasteiger partial charge in [0.25, 0.3) is 0 Å². The number of carbonyl (C=O) groups is 1. The van der Waals surface area contributed by atoms with Crippen LogP contribution in [0.5, 0.6) is 0 Å². The molecule has 2 aliphatic heterocycles. The van der Waals surface area contributed by atoms with Crippen LogP contribution >= 0.6 is 0 Å². The number of halogens is 1. The molecule has 0 spiro atoms. The van der Waals surface area contributed by atoms with Crippen molar-refractivity contribution in [2.75, 3.05) is 26.2 Å². The summed E-state index contributed by atoms with van der Waals surface area (Å²) in [5.74, 6) is 2.92. The molecule has 2 heterocycles. The summed E-state index contributed by atoms with van der Waals surface area (Å²) in [6.07, 6.45) is 11.3. The van der Waals surface area contributed by atoms with Gasteiger partial charge in [-0.2, -0.15) is 0 Å². The van der Waals surface area contributed by atoms with Gasteiger partial charge in [-0.3, -0.25) is 9.69 Å². The highest BCUT2D eigenvalue weighted by Crippen LogP contribution is 2.26. The maximum Gasteiger partial charge on any atom is 0.226 e. The number of carbonyl (C=O) groups excluding carboxylic acids is 1. The van der Waals surface area contributed by atoms with Crippen molar-refractivity contribution in [3.05, 3.63) is 35.6 Å². The van der Waals surface area contributed by atoms with E-state index in [4.69, 9.17) is 6.42 Å². The highest BCUT2D eigenvalue weighted by Gasteiger charge is 2.33. The van der Waals surface area contributed by atoms with Gasteiger partial charge in [-0.1, -0.05) is 18.1 Å². The summed E-state index contributed by atoms with van der Waals surface area (Å²) in [6, 6.07) is 6.93. The van der Waals surface area contributed by atoms with Crippen LogP contribution in [0.25, 0.3) is 0 Å². The highest BCUT2D eigenvalue weighted by molar-refractivity contribution is 5.79. The van der Waals surface area contributed by atoms with Gasteiger partial charge < -0.3 is 4.90 Å². The summed E-state index contributed by atoms with van der Waals surface area (Å²) in [7, 11) is 0. The van der Waals surface area contributed by atoms with Gasteiger partial charge in [0.2, 0.25) is 5.91 Å². The van der Waals surface area contributed by atoms with E-state index in [9.17, 15) is 9.18 Å². The molecule has 0 saturated carbocycles. The van der Waals surface area contributed by atoms with E-state index in [0.717, 1.165) is 63.7 Å². The second kappa shape index (κ2) is 8.49. The highest BCUT2D eigenvalue weighted by atomic mass is 19.1. The van der Waals surface area contributed by atoms with Crippen molar-refractivity contribution in [2.24, 2.45) is 5.92 Å². The molecule has 3 rings (SSSR count). The molecule has 0 bridgehead atoms. The van der Waals surface area contributed by atoms with Gasteiger partial charge in [-0.05, 0) is 69.3 Å². The fourth-order valence-corrected chi connectivity index (χ4v) is 4.10. The zero-order valence-corrected chi connectivity index (χ0v) is 14.8. The molecular weight excluding hydrogens is 315 g/mol. The lowest BCUT2D eigenvalue weighted by molar-refractivity contribution is -0.140. The van der Waals surface area contributed by atoms with Crippen molar-refractivity contribution in [1.29, 1.82) is 0 Å². The second-order valence-corrected chi connectivity index (χ2v) is 7.27. The lowest BCUT2D eigenvalue weighted by atomic mass is 9.90. The summed E-state index contributed by atoms with van der Waals surface area (Å²) in [5, 5.41) is 0. The van der Waals surface area contributed by atoms with Crippen molar-refractivity contribution < 1.29 is 9.18 Å². The Labute approximate surface area is 150 Å². The quantitative estimate of drug-likeness (QED) is 0.785. The predicted molar refractivity (Wildman–Crippen MR) is 97.5 cm³/mol. The largest absolute Gasteiger partial charge is 0.339 e. The number of hydrogen-bond acceptors (Lipinski definition) is 2. The third-order valence-corrected chi connectivity index (χ3v) is 5.55. The van der Waals surface area contributed by atoms with E-state index in [0.29, 0.717) is 12.5 Å². The van der Waals surface area contributed by atoms with E-state index in [1.165, 1.54) is 12.1 Å². The molecule has 0 radical (unpaired) electrons. The van der Waals surface area contributed by atoms with Crippen LogP contribution in [0.3, 0.4) is 0 Å². The maximum atomic E-state index is 13.1. The molecule has 0 aromatic heterocycles. The Morgan fingerprint density at radius 2 is 1.84 bits per heavy atom. The smallest absolute Gasteiger partial charge is 0.226 e. The number of nitrogens with zero attached hydrogens (tertiary/aromatic N) is 2. The van der Waals surface area contributed by atoms with Crippen LogP contribution < -0.4 is 0 Å². The predicted octanol–water partition coefficient (Wildman–Crippen LogP) is 3.09. The van der Waals surface area contributed by atoms with Gasteiger partial charge in [0.1, 0.15) is 5.82 Å². The van der Waals surface area contributed by atoms with Crippen molar-refractivity contribution in [1.82, 2.24) is 9.80 Å². The number of rotatable bonds is 4. The van der Waals surface area contributed by atoms with Crippen LogP contribution in [-0.4, -0.2) is 47.9 Å². The standard InChI is InChI=1S/C21H27FN2O/c1-2-12-23-14-10-18(11-15-23)21(25)24-13-4-3-5-20(24)16-17-6-8-19(22)9-7-17/h1,6-9,18,20H,3-5,10-16H2. The number of benzene rings is 1. The van der Waals surface area contributed by atoms with Crippen LogP contribution in [0.15, 0.2) is 24.3 Å². The topological polar surface area (TPSA) is 23.6 Å². The Kier molecular flexibility index (Phi) is 6.09. The average molecular weight is 342 g/mol. The number of amides is 1. The van der Waals surface area contributed by atoms with Crippen LogP contribution in [-0.2, 0) is 11.2 Å². The molecule has 2 saturated heterocycles. The minimum Gasteiger partial charge on any atom is -0.339 e. The lowest BCUT2D eigenvalue weighted by Crippen LogP contribution is -2.49. The molecule has 1 atom stereocenters. The zero-order valence-electron chi connectivity index (χ0n) is 14.8. The first-order chi connectivity index (χ1) is 12.2. The van der Waals surface area contributed by atoms with E-state index in [-0.39, 0.29) is 17.8 Å². The normalized spacial score (nSPS) is 22.6. The molecule has 0 aliphatic carbocycles. The first-order valence-electron chi connectivity index (χ1n) is 9.38. The SMILES string of the molecule is C#CCN1CCC(C(=O)N2CCCCC2Cc2ccc(F)cc2)CC1. The molecule has 2 fully saturated rings. The molecule has 25 heavy (non-hydrogen) atoms. The van der Waals surface area contributed by atoms with E-state index >= 15 is 0 Å². The molecular formula is C21H27FN2O. The van der Waals surface area contributed by atoms with Gasteiger partial charge in [0.05, 0.1) is 6.54 Å². The Hall–Kier alpha value is -1.86. The Morgan fingerprint density at radius 1 is 1.12 bits per heavy atom. The minimum absolute atomic E-state index is 0.128. The maximum absolute atomic E-state index is 13.1. The number of piperidine rings is 2. The second-order valence-electron chi connectivity index (χ2n) is 7.27. The Balaban J connectivity index is 1.61. The van der Waals surface area contributed by atoms with Crippen LogP contribution in [0, 0.1) is 24.1 Å². The van der Waals surface area contributed by atoms with Gasteiger partial charge >= 0.3 is 0 Å². The van der Waals surface area contributed by atoms with Crippen LogP contribution in [0.1, 0.15) is 37.7 Å². The molecule has 0 N–H and O–H groups in total. The van der Waals surface area contributed by atoms with Crippen LogP contribution in [0.4, 0.5) is 4.39 Å². The number of hydrogen-bond donors (Lipinski definition) is 0. The van der Waals surface area contributed by atoms with Crippen molar-refractivity contribution in [2.45, 2.75) is 44.6 Å². The Morgan fingerprint density at radius 3 is 2.52 bits per heavy atom. The first-order valence-corrected chi connectivity index (χ1v) is 9.38. The molecule has 1 amide bonds. The lowest BCUT2D eigenvalue weighted by Gasteiger charge is -2.40. The number of terminal acetylenes is 1. The van der Waals surface area contributed by atoms with E-state index in [1.54, 1.807) is 0 Å². The summed E-state index contributed by atoms with van der Waals surface area (Å²) in [4.78, 5) is 17.4. The monoisotopic (exact) mass is 342 g/mol. The summed E-state index contributed by atoms with van der Waals surface area (Å²) < 4.78 is 13.1. The van der Waals surface area contributed by atoms with E-state index in [1.807, 2.05) is 12.1 Å². The summed E-state index contributed by atoms with van der Waals surface area (Å²) in [5.41, 5.74) is 1.11. The summed E-state index contributed by atoms with van der Waals surface area (Å²) in [6.45, 7) is 3.36. The molecule has 1 aromatic rings. The van der Waals surface area contributed by atoms with Gasteiger partial charge in [-0.15, -0.1) is 6.42 Å². The average Bonchev–Trinajstić information content (AvgIpc) is 2.64. The van der Waals surface area contributed by atoms with E-state index in [2.05, 4.69) is 15.7 Å². The molecule has 3 nitrogen and oxygen atoms in total. The van der Waals surface area contributed by atoms with Crippen LogP contribution in [0.2, 0.25) is 0 Å². The first kappa shape index (κ1) is 17.9. The zero-order chi connectivity index (χ0) is 17.6. The molecule has 1 aromatic carbocycles. The minimum atomic E-state index is -0.209.